The lowest BCUT2D eigenvalue weighted by Gasteiger charge is -2.35. The molecule has 1 fully saturated rings. The molecule has 2 rings (SSSR count). The molecule has 0 aromatic heterocycles. The van der Waals surface area contributed by atoms with Crippen LogP contribution in [0.2, 0.25) is 5.02 Å². The van der Waals surface area contributed by atoms with Crippen molar-refractivity contribution >= 4 is 36.4 Å². The second kappa shape index (κ2) is 11.5. The van der Waals surface area contributed by atoms with Crippen LogP contribution in [-0.2, 0) is 6.18 Å². The Balaban J connectivity index is 0.00000288. The summed E-state index contributed by atoms with van der Waals surface area (Å²) in [4.78, 5) is 2.29. The third-order valence-electron chi connectivity index (χ3n) is 4.35. The maximum Gasteiger partial charge on any atom is 0.417 e. The van der Waals surface area contributed by atoms with E-state index in [-0.39, 0.29) is 35.9 Å². The van der Waals surface area contributed by atoms with Gasteiger partial charge in [-0.1, -0.05) is 43.9 Å². The molecule has 0 saturated carbocycles. The summed E-state index contributed by atoms with van der Waals surface area (Å²) in [7, 11) is 0. The minimum absolute atomic E-state index is 0. The zero-order chi connectivity index (χ0) is 16.9. The lowest BCUT2D eigenvalue weighted by atomic mass is 9.96. The Morgan fingerprint density at radius 2 is 1.80 bits per heavy atom. The van der Waals surface area contributed by atoms with Gasteiger partial charge in [0.15, 0.2) is 0 Å². The summed E-state index contributed by atoms with van der Waals surface area (Å²) in [5.41, 5.74) is -0.00739. The molecular formula is C17H26Cl3F3N2. The molecule has 1 heterocycles. The maximum atomic E-state index is 13.1. The van der Waals surface area contributed by atoms with Gasteiger partial charge in [0.05, 0.1) is 10.6 Å². The molecule has 1 aliphatic rings. The smallest absolute Gasteiger partial charge is 0.314 e. The minimum atomic E-state index is -4.41. The molecule has 8 heteroatoms. The number of halogens is 6. The van der Waals surface area contributed by atoms with Gasteiger partial charge in [-0.3, -0.25) is 4.90 Å². The van der Waals surface area contributed by atoms with Crippen LogP contribution in [0.5, 0.6) is 0 Å². The monoisotopic (exact) mass is 420 g/mol. The highest BCUT2D eigenvalue weighted by molar-refractivity contribution is 6.31. The fraction of sp³-hybridized carbons (Fsp3) is 0.647. The van der Waals surface area contributed by atoms with Crippen LogP contribution in [0, 0.1) is 0 Å². The van der Waals surface area contributed by atoms with E-state index in [2.05, 4.69) is 17.1 Å². The molecule has 25 heavy (non-hydrogen) atoms. The van der Waals surface area contributed by atoms with Gasteiger partial charge in [-0.05, 0) is 24.1 Å². The van der Waals surface area contributed by atoms with Gasteiger partial charge in [-0.15, -0.1) is 24.8 Å². The Morgan fingerprint density at radius 3 is 2.36 bits per heavy atom. The highest BCUT2D eigenvalue weighted by Gasteiger charge is 2.34. The van der Waals surface area contributed by atoms with Gasteiger partial charge in [0.1, 0.15) is 0 Å². The highest BCUT2D eigenvalue weighted by Crippen LogP contribution is 2.38. The van der Waals surface area contributed by atoms with E-state index in [9.17, 15) is 13.2 Å². The lowest BCUT2D eigenvalue weighted by Crippen LogP contribution is -2.45. The Morgan fingerprint density at radius 1 is 1.16 bits per heavy atom. The molecule has 0 radical (unpaired) electrons. The molecule has 0 bridgehead atoms. The Kier molecular flexibility index (Phi) is 11.4. The molecule has 0 amide bonds. The fourth-order valence-corrected chi connectivity index (χ4v) is 3.33. The van der Waals surface area contributed by atoms with Crippen molar-refractivity contribution in [3.05, 3.63) is 34.3 Å². The molecule has 1 saturated heterocycles. The second-order valence-electron chi connectivity index (χ2n) is 6.03. The number of benzene rings is 1. The van der Waals surface area contributed by atoms with Crippen LogP contribution >= 0.6 is 36.4 Å². The zero-order valence-electron chi connectivity index (χ0n) is 14.2. The average Bonchev–Trinajstić information content (AvgIpc) is 2.52. The largest absolute Gasteiger partial charge is 0.417 e. The van der Waals surface area contributed by atoms with E-state index in [1.54, 1.807) is 6.07 Å². The van der Waals surface area contributed by atoms with Gasteiger partial charge in [-0.25, -0.2) is 0 Å². The van der Waals surface area contributed by atoms with E-state index < -0.39 is 11.7 Å². The van der Waals surface area contributed by atoms with E-state index in [4.69, 9.17) is 11.6 Å². The number of nitrogens with one attached hydrogen (secondary N) is 1. The Labute approximate surface area is 165 Å². The first kappa shape index (κ1) is 24.8. The quantitative estimate of drug-likeness (QED) is 0.590. The number of unbranched alkanes of at least 4 members (excludes halogenated alkanes) is 2. The number of nitrogens with zero attached hydrogens (tertiary/aromatic N) is 1. The molecule has 1 N–H and O–H groups in total. The van der Waals surface area contributed by atoms with Crippen molar-refractivity contribution in [2.24, 2.45) is 0 Å². The van der Waals surface area contributed by atoms with E-state index in [1.807, 2.05) is 0 Å². The van der Waals surface area contributed by atoms with Crippen LogP contribution in [0.15, 0.2) is 18.2 Å². The van der Waals surface area contributed by atoms with Crippen molar-refractivity contribution in [3.63, 3.8) is 0 Å². The van der Waals surface area contributed by atoms with Crippen molar-refractivity contribution in [1.29, 1.82) is 0 Å². The summed E-state index contributed by atoms with van der Waals surface area (Å²) >= 11 is 5.75. The average molecular weight is 422 g/mol. The van der Waals surface area contributed by atoms with Crippen molar-refractivity contribution in [2.45, 2.75) is 44.8 Å². The summed E-state index contributed by atoms with van der Waals surface area (Å²) in [5, 5.41) is 3.06. The second-order valence-corrected chi connectivity index (χ2v) is 6.44. The molecule has 0 aliphatic carbocycles. The van der Waals surface area contributed by atoms with Crippen LogP contribution in [0.1, 0.15) is 49.8 Å². The summed E-state index contributed by atoms with van der Waals surface area (Å²) in [6.07, 6.45) is -0.308. The molecular weight excluding hydrogens is 396 g/mol. The molecule has 1 aliphatic heterocycles. The molecule has 0 unspecified atom stereocenters. The first-order valence-corrected chi connectivity index (χ1v) is 8.62. The molecule has 1 aromatic rings. The van der Waals surface area contributed by atoms with Gasteiger partial charge in [0.25, 0.3) is 0 Å². The maximum absolute atomic E-state index is 13.1. The van der Waals surface area contributed by atoms with Crippen molar-refractivity contribution in [2.75, 3.05) is 26.2 Å². The minimum Gasteiger partial charge on any atom is -0.314 e. The van der Waals surface area contributed by atoms with Crippen molar-refractivity contribution in [1.82, 2.24) is 10.2 Å². The van der Waals surface area contributed by atoms with Crippen LogP contribution in [-0.4, -0.2) is 31.1 Å². The van der Waals surface area contributed by atoms with Crippen molar-refractivity contribution in [3.8, 4) is 0 Å². The van der Waals surface area contributed by atoms with Crippen molar-refractivity contribution < 1.29 is 13.2 Å². The van der Waals surface area contributed by atoms with Gasteiger partial charge < -0.3 is 5.32 Å². The molecule has 1 atom stereocenters. The van der Waals surface area contributed by atoms with Crippen LogP contribution < -0.4 is 5.32 Å². The lowest BCUT2D eigenvalue weighted by molar-refractivity contribution is -0.137. The summed E-state index contributed by atoms with van der Waals surface area (Å²) in [6.45, 7) is 5.61. The zero-order valence-corrected chi connectivity index (χ0v) is 16.6. The van der Waals surface area contributed by atoms with Gasteiger partial charge in [0.2, 0.25) is 0 Å². The summed E-state index contributed by atoms with van der Waals surface area (Å²) in [6, 6.07) is 4.40. The van der Waals surface area contributed by atoms with Gasteiger partial charge in [0, 0.05) is 32.2 Å². The summed E-state index contributed by atoms with van der Waals surface area (Å²) in [5.74, 6) is 0. The van der Waals surface area contributed by atoms with E-state index in [0.29, 0.717) is 0 Å². The molecule has 2 nitrogen and oxygen atoms in total. The predicted molar refractivity (Wildman–Crippen MR) is 102 cm³/mol. The number of hydrogen-bond donors (Lipinski definition) is 1. The van der Waals surface area contributed by atoms with E-state index >= 15 is 0 Å². The van der Waals surface area contributed by atoms with E-state index in [1.165, 1.54) is 12.1 Å². The first-order valence-electron chi connectivity index (χ1n) is 8.25. The first-order chi connectivity index (χ1) is 10.9. The SMILES string of the molecule is CCCCC[C@@H](c1ccc(Cl)c(C(F)(F)F)c1)N1CCNCC1.Cl.Cl. The number of alkyl halides is 3. The summed E-state index contributed by atoms with van der Waals surface area (Å²) < 4.78 is 39.4. The molecule has 1 aromatic carbocycles. The third kappa shape index (κ3) is 7.14. The number of piperazine rings is 1. The highest BCUT2D eigenvalue weighted by atomic mass is 35.5. The normalized spacial score (nSPS) is 16.7. The van der Waals surface area contributed by atoms with E-state index in [0.717, 1.165) is 57.4 Å². The predicted octanol–water partition coefficient (Wildman–Crippen LogP) is 5.73. The van der Waals surface area contributed by atoms with Gasteiger partial charge in [-0.2, -0.15) is 13.2 Å². The number of hydrogen-bond acceptors (Lipinski definition) is 2. The van der Waals surface area contributed by atoms with Crippen LogP contribution in [0.25, 0.3) is 0 Å². The third-order valence-corrected chi connectivity index (χ3v) is 4.68. The number of rotatable bonds is 6. The van der Waals surface area contributed by atoms with Crippen LogP contribution in [0.3, 0.4) is 0 Å². The Bertz CT molecular complexity index is 506. The Hall–Kier alpha value is -0.200. The standard InChI is InChI=1S/C17H24ClF3N2.2ClH/c1-2-3-4-5-16(23-10-8-22-9-11-23)13-6-7-15(18)14(12-13)17(19,20)21;;/h6-7,12,16,22H,2-5,8-11H2,1H3;2*1H/t16-;;/m0../s1. The fourth-order valence-electron chi connectivity index (χ4n) is 3.11. The van der Waals surface area contributed by atoms with Crippen LogP contribution in [0.4, 0.5) is 13.2 Å². The topological polar surface area (TPSA) is 15.3 Å². The molecule has 146 valence electrons. The molecule has 0 spiro atoms. The van der Waals surface area contributed by atoms with Gasteiger partial charge >= 0.3 is 6.18 Å².